The number of aryl methyl sites for hydroxylation is 1. The Bertz CT molecular complexity index is 2200. The molecule has 4 aliphatic rings. The lowest BCUT2D eigenvalue weighted by Gasteiger charge is -2.47. The van der Waals surface area contributed by atoms with E-state index in [1.807, 2.05) is 26.0 Å². The van der Waals surface area contributed by atoms with Crippen LogP contribution < -0.4 is 4.74 Å². The van der Waals surface area contributed by atoms with Gasteiger partial charge in [-0.1, -0.05) is 45.9 Å². The zero-order valence-electron chi connectivity index (χ0n) is 42.9. The number of esters is 1. The second kappa shape index (κ2) is 24.5. The second-order valence-corrected chi connectivity index (χ2v) is 20.6. The van der Waals surface area contributed by atoms with Crippen LogP contribution in [-0.4, -0.2) is 137 Å². The Morgan fingerprint density at radius 2 is 1.64 bits per heavy atom. The van der Waals surface area contributed by atoms with E-state index in [4.69, 9.17) is 28.4 Å². The number of hydrogen-bond donors (Lipinski definition) is 3. The van der Waals surface area contributed by atoms with E-state index in [0.717, 1.165) is 36.0 Å². The maximum Gasteiger partial charge on any atom is 0.329 e. The van der Waals surface area contributed by atoms with E-state index in [1.54, 1.807) is 40.0 Å². The highest BCUT2D eigenvalue weighted by Gasteiger charge is 2.57. The van der Waals surface area contributed by atoms with Crippen LogP contribution in [0.25, 0.3) is 10.9 Å². The van der Waals surface area contributed by atoms with Crippen molar-refractivity contribution in [1.29, 1.82) is 0 Å². The normalized spacial score (nSPS) is 35.9. The van der Waals surface area contributed by atoms with Crippen molar-refractivity contribution < 1.29 is 62.9 Å². The van der Waals surface area contributed by atoms with E-state index in [0.29, 0.717) is 36.8 Å². The number of methoxy groups -OCH3 is 3. The third kappa shape index (κ3) is 12.3. The number of rotatable bonds is 11. The highest BCUT2D eigenvalue weighted by Crippen LogP contribution is 2.40. The zero-order chi connectivity index (χ0) is 51.0. The van der Waals surface area contributed by atoms with Gasteiger partial charge in [-0.15, -0.1) is 6.58 Å². The average molecular weight is 977 g/mol. The van der Waals surface area contributed by atoms with Crippen molar-refractivity contribution in [3.8, 4) is 5.75 Å². The summed E-state index contributed by atoms with van der Waals surface area (Å²) in [6.45, 7) is 15.8. The van der Waals surface area contributed by atoms with Gasteiger partial charge in [-0.3, -0.25) is 14.4 Å². The molecule has 3 aliphatic heterocycles. The summed E-state index contributed by atoms with van der Waals surface area (Å²) in [6.07, 6.45) is 5.84. The summed E-state index contributed by atoms with van der Waals surface area (Å²) in [6, 6.07) is 7.07. The fourth-order valence-electron chi connectivity index (χ4n) is 11.3. The van der Waals surface area contributed by atoms with Crippen molar-refractivity contribution in [3.63, 3.8) is 0 Å². The SMILES string of the molecule is C=CCC1C=C(C)C(O)C(C)CC(OC)C2OC(O)(C(=O)C(=O)N3CCCCC3C(=O)OC(C(C)=CC3CCC(Oc4ccc5c(ccn5CCC)c4)C(OC)C3)C(C)C(O)CC1=O)C(C)CC2OC. The molecule has 388 valence electrons. The van der Waals surface area contributed by atoms with Crippen molar-refractivity contribution in [2.75, 3.05) is 27.9 Å². The monoisotopic (exact) mass is 977 g/mol. The molecule has 15 atom stereocenters. The predicted octanol–water partition coefficient (Wildman–Crippen LogP) is 7.06. The van der Waals surface area contributed by atoms with Gasteiger partial charge in [-0.05, 0) is 125 Å². The minimum atomic E-state index is -2.59. The van der Waals surface area contributed by atoms with E-state index >= 15 is 0 Å². The molecule has 2 bridgehead atoms. The highest BCUT2D eigenvalue weighted by atomic mass is 16.7. The quantitative estimate of drug-likeness (QED) is 0.118. The van der Waals surface area contributed by atoms with E-state index in [9.17, 15) is 34.5 Å². The summed E-state index contributed by atoms with van der Waals surface area (Å²) in [5.74, 6) is -8.07. The van der Waals surface area contributed by atoms with Crippen LogP contribution in [0.5, 0.6) is 5.75 Å². The lowest BCUT2D eigenvalue weighted by molar-refractivity contribution is -0.302. The number of ether oxygens (including phenoxy) is 6. The first-order chi connectivity index (χ1) is 33.4. The Labute approximate surface area is 414 Å². The summed E-state index contributed by atoms with van der Waals surface area (Å²) in [5, 5.41) is 36.9. The molecule has 1 saturated carbocycles. The molecule has 3 fully saturated rings. The molecule has 4 heterocycles. The fourth-order valence-corrected chi connectivity index (χ4v) is 11.3. The minimum Gasteiger partial charge on any atom is -0.488 e. The number of hydrogen-bond acceptors (Lipinski definition) is 13. The molecule has 2 aromatic rings. The van der Waals surface area contributed by atoms with Gasteiger partial charge in [0.1, 0.15) is 35.9 Å². The first-order valence-electron chi connectivity index (χ1n) is 25.6. The van der Waals surface area contributed by atoms with E-state index in [2.05, 4.69) is 42.5 Å². The summed E-state index contributed by atoms with van der Waals surface area (Å²) < 4.78 is 39.2. The maximum atomic E-state index is 14.6. The number of benzene rings is 1. The third-order valence-corrected chi connectivity index (χ3v) is 15.6. The third-order valence-electron chi connectivity index (χ3n) is 15.6. The largest absolute Gasteiger partial charge is 0.488 e. The molecule has 0 radical (unpaired) electrons. The molecule has 1 aromatic carbocycles. The number of ketones is 2. The average Bonchev–Trinajstić information content (AvgIpc) is 3.75. The number of aromatic nitrogens is 1. The van der Waals surface area contributed by atoms with Gasteiger partial charge in [0.05, 0.1) is 30.5 Å². The number of piperidine rings is 1. The molecule has 15 unspecified atom stereocenters. The molecule has 6 rings (SSSR count). The van der Waals surface area contributed by atoms with Crippen LogP contribution in [0.1, 0.15) is 112 Å². The van der Waals surface area contributed by atoms with Crippen LogP contribution in [0.4, 0.5) is 0 Å². The predicted molar refractivity (Wildman–Crippen MR) is 265 cm³/mol. The van der Waals surface area contributed by atoms with Crippen LogP contribution in [0, 0.1) is 29.6 Å². The molecule has 0 spiro atoms. The highest BCUT2D eigenvalue weighted by molar-refractivity contribution is 6.39. The summed E-state index contributed by atoms with van der Waals surface area (Å²) >= 11 is 0. The summed E-state index contributed by atoms with van der Waals surface area (Å²) in [4.78, 5) is 58.8. The smallest absolute Gasteiger partial charge is 0.329 e. The standard InChI is InChI=1S/C55H80N2O13/c1-11-15-39-26-32(3)49(60)33(4)27-47(66-9)51-48(67-10)28-35(6)55(64,70-51)52(61)53(62)57-23-14-13-16-42(57)54(63)69-50(36(7)43(58)31-44(39)59)34(5)25-37-17-20-45(46(29-37)65-8)68-40-18-19-41-38(30-40)21-24-56(41)22-12-2/h11,18-19,21,24-26,30,33,35-37,39,42-43,45-51,58,60,64H,1,12-17,20,22-23,27-29,31H2,2-10H3. The molecule has 3 N–H and O–H groups in total. The van der Waals surface area contributed by atoms with Crippen molar-refractivity contribution >= 4 is 34.3 Å². The van der Waals surface area contributed by atoms with Gasteiger partial charge in [0.2, 0.25) is 5.79 Å². The lowest BCUT2D eigenvalue weighted by atomic mass is 9.81. The Morgan fingerprint density at radius 1 is 0.929 bits per heavy atom. The van der Waals surface area contributed by atoms with Crippen LogP contribution >= 0.6 is 0 Å². The van der Waals surface area contributed by atoms with Gasteiger partial charge >= 0.3 is 5.97 Å². The number of aliphatic hydroxyl groups excluding tert-OH is 2. The Balaban J connectivity index is 1.31. The summed E-state index contributed by atoms with van der Waals surface area (Å²) in [5.41, 5.74) is 2.33. The van der Waals surface area contributed by atoms with Crippen LogP contribution in [-0.2, 0) is 49.4 Å². The molecular weight excluding hydrogens is 897 g/mol. The Morgan fingerprint density at radius 3 is 2.33 bits per heavy atom. The van der Waals surface area contributed by atoms with Crippen LogP contribution in [0.15, 0.2) is 66.4 Å². The molecule has 70 heavy (non-hydrogen) atoms. The molecule has 1 amide bonds. The van der Waals surface area contributed by atoms with Crippen molar-refractivity contribution in [2.24, 2.45) is 29.6 Å². The molecule has 1 aromatic heterocycles. The number of allylic oxidation sites excluding steroid dienone is 3. The molecule has 2 saturated heterocycles. The molecular formula is C55H80N2O13. The van der Waals surface area contributed by atoms with Gasteiger partial charge in [0.15, 0.2) is 0 Å². The number of fused-ring (bicyclic) bond motifs is 4. The van der Waals surface area contributed by atoms with Crippen molar-refractivity contribution in [1.82, 2.24) is 9.47 Å². The topological polar surface area (TPSA) is 193 Å². The maximum absolute atomic E-state index is 14.6. The lowest BCUT2D eigenvalue weighted by Crippen LogP contribution is -2.64. The number of aliphatic hydroxyl groups is 3. The number of cyclic esters (lactones) is 1. The van der Waals surface area contributed by atoms with Crippen molar-refractivity contribution in [3.05, 3.63) is 66.4 Å². The number of nitrogens with zero attached hydrogens (tertiary/aromatic N) is 2. The van der Waals surface area contributed by atoms with E-state index in [1.165, 1.54) is 19.1 Å². The fraction of sp³-hybridized carbons (Fsp3) is 0.673. The van der Waals surface area contributed by atoms with Gasteiger partial charge in [0.25, 0.3) is 11.7 Å². The van der Waals surface area contributed by atoms with Gasteiger partial charge in [-0.25, -0.2) is 4.79 Å². The molecule has 15 heteroatoms. The van der Waals surface area contributed by atoms with E-state index < -0.39 is 89.8 Å². The second-order valence-electron chi connectivity index (χ2n) is 20.6. The number of carbonyl (C=O) groups is 4. The Hall–Kier alpha value is -4.22. The molecule has 1 aliphatic carbocycles. The van der Waals surface area contributed by atoms with Crippen LogP contribution in [0.3, 0.4) is 0 Å². The van der Waals surface area contributed by atoms with Crippen LogP contribution in [0.2, 0.25) is 0 Å². The van der Waals surface area contributed by atoms with Crippen molar-refractivity contribution in [2.45, 2.75) is 179 Å². The molecule has 15 nitrogen and oxygen atoms in total. The Kier molecular flexibility index (Phi) is 19.3. The first-order valence-corrected chi connectivity index (χ1v) is 25.6. The van der Waals surface area contributed by atoms with Gasteiger partial charge in [0, 0.05) is 75.7 Å². The zero-order valence-corrected chi connectivity index (χ0v) is 42.9. The minimum absolute atomic E-state index is 0.0214. The van der Waals surface area contributed by atoms with Gasteiger partial charge < -0.3 is 53.2 Å². The number of carbonyl (C=O) groups excluding carboxylic acids is 4. The number of Topliss-reactive ketones (excluding diaryl/α,β-unsaturated/α-hetero) is 2. The first kappa shape index (κ1) is 55.1. The number of amides is 1. The van der Waals surface area contributed by atoms with Gasteiger partial charge in [-0.2, -0.15) is 0 Å². The van der Waals surface area contributed by atoms with E-state index in [-0.39, 0.29) is 62.6 Å². The summed E-state index contributed by atoms with van der Waals surface area (Å²) in [7, 11) is 4.62.